The number of oxazole rings is 1. The monoisotopic (exact) mass is 436 g/mol. The van der Waals surface area contributed by atoms with Gasteiger partial charge in [-0.15, -0.1) is 0 Å². The molecule has 0 aliphatic heterocycles. The lowest BCUT2D eigenvalue weighted by Crippen LogP contribution is -2.12. The number of hydrogen-bond acceptors (Lipinski definition) is 10. The van der Waals surface area contributed by atoms with Gasteiger partial charge in [-0.25, -0.2) is 29.1 Å². The molecule has 4 rings (SSSR count). The number of sulfonamides is 1. The number of nitrogens with zero attached hydrogens (tertiary/aromatic N) is 4. The molecule has 11 nitrogen and oxygen atoms in total. The lowest BCUT2D eigenvalue weighted by atomic mass is 10.1. The normalized spacial score (nSPS) is 11.1. The maximum absolute atomic E-state index is 11.6. The van der Waals surface area contributed by atoms with Crippen LogP contribution in [0.15, 0.2) is 81.7 Å². The van der Waals surface area contributed by atoms with Gasteiger partial charge in [0.15, 0.2) is 18.0 Å². The molecule has 0 bridgehead atoms. The van der Waals surface area contributed by atoms with E-state index in [1.54, 1.807) is 18.3 Å². The summed E-state index contributed by atoms with van der Waals surface area (Å²) in [6.45, 7) is 0. The van der Waals surface area contributed by atoms with Gasteiger partial charge in [0, 0.05) is 16.9 Å². The fraction of sp³-hybridized carbons (Fsp3) is 0. The molecule has 2 heterocycles. The highest BCUT2D eigenvalue weighted by Crippen LogP contribution is 2.29. The van der Waals surface area contributed by atoms with Gasteiger partial charge in [0.05, 0.1) is 17.3 Å². The second-order valence-electron chi connectivity index (χ2n) is 6.31. The van der Waals surface area contributed by atoms with Gasteiger partial charge in [-0.3, -0.25) is 0 Å². The molecule has 12 heteroatoms. The number of benzene rings is 2. The summed E-state index contributed by atoms with van der Waals surface area (Å²) in [4.78, 5) is 12.3. The first-order valence-corrected chi connectivity index (χ1v) is 10.4. The first-order chi connectivity index (χ1) is 14.9. The van der Waals surface area contributed by atoms with E-state index in [0.717, 1.165) is 5.56 Å². The van der Waals surface area contributed by atoms with Crippen molar-refractivity contribution in [2.45, 2.75) is 4.90 Å². The third-order valence-electron chi connectivity index (χ3n) is 4.15. The largest absolute Gasteiger partial charge is 0.444 e. The van der Waals surface area contributed by atoms with Gasteiger partial charge >= 0.3 is 0 Å². The van der Waals surface area contributed by atoms with Crippen LogP contribution in [0.25, 0.3) is 11.3 Å². The Labute approximate surface area is 176 Å². The Bertz CT molecular complexity index is 1340. The zero-order valence-electron chi connectivity index (χ0n) is 15.9. The SMILES string of the molecule is N=Nc1cnc(Nc2cccc(S(N)(=O)=O)c2)nc1Nc1cccc(-c2cnco2)c1. The number of nitrogens with one attached hydrogen (secondary N) is 3. The van der Waals surface area contributed by atoms with Crippen molar-refractivity contribution in [1.82, 2.24) is 15.0 Å². The zero-order chi connectivity index (χ0) is 21.8. The van der Waals surface area contributed by atoms with Crippen molar-refractivity contribution in [2.24, 2.45) is 10.3 Å². The Kier molecular flexibility index (Phi) is 5.39. The molecule has 0 aliphatic rings. The highest BCUT2D eigenvalue weighted by molar-refractivity contribution is 7.89. The molecule has 0 amide bonds. The second-order valence-corrected chi connectivity index (χ2v) is 7.87. The van der Waals surface area contributed by atoms with Gasteiger partial charge in [-0.2, -0.15) is 10.1 Å². The van der Waals surface area contributed by atoms with Crippen molar-refractivity contribution in [3.05, 3.63) is 67.3 Å². The van der Waals surface area contributed by atoms with Gasteiger partial charge in [-0.1, -0.05) is 18.2 Å². The van der Waals surface area contributed by atoms with Crippen molar-refractivity contribution in [2.75, 3.05) is 10.6 Å². The third kappa shape index (κ3) is 4.71. The molecule has 0 saturated carbocycles. The number of anilines is 4. The van der Waals surface area contributed by atoms with E-state index in [4.69, 9.17) is 15.1 Å². The van der Waals surface area contributed by atoms with Crippen molar-refractivity contribution in [3.8, 4) is 11.3 Å². The Morgan fingerprint density at radius 1 is 1.03 bits per heavy atom. The van der Waals surface area contributed by atoms with Crippen LogP contribution in [0, 0.1) is 5.53 Å². The van der Waals surface area contributed by atoms with E-state index < -0.39 is 10.0 Å². The van der Waals surface area contributed by atoms with Crippen LogP contribution in [-0.4, -0.2) is 23.4 Å². The number of hydrogen-bond donors (Lipinski definition) is 4. The van der Waals surface area contributed by atoms with E-state index >= 15 is 0 Å². The maximum Gasteiger partial charge on any atom is 0.238 e. The molecule has 2 aromatic carbocycles. The van der Waals surface area contributed by atoms with Gasteiger partial charge in [0.25, 0.3) is 0 Å². The molecule has 0 unspecified atom stereocenters. The van der Waals surface area contributed by atoms with Gasteiger partial charge in [0.1, 0.15) is 5.69 Å². The lowest BCUT2D eigenvalue weighted by molar-refractivity contribution is 0.572. The molecule has 0 spiro atoms. The van der Waals surface area contributed by atoms with Crippen LogP contribution in [0.5, 0.6) is 0 Å². The summed E-state index contributed by atoms with van der Waals surface area (Å²) in [5, 5.41) is 14.6. The summed E-state index contributed by atoms with van der Waals surface area (Å²) in [6, 6.07) is 13.3. The molecular formula is C19H16N8O3S. The predicted octanol–water partition coefficient (Wildman–Crippen LogP) is 3.93. The van der Waals surface area contributed by atoms with Crippen molar-refractivity contribution < 1.29 is 12.8 Å². The van der Waals surface area contributed by atoms with E-state index in [1.807, 2.05) is 24.3 Å². The fourth-order valence-corrected chi connectivity index (χ4v) is 3.29. The Balaban J connectivity index is 1.62. The molecule has 4 aromatic rings. The van der Waals surface area contributed by atoms with E-state index in [0.29, 0.717) is 17.1 Å². The molecule has 0 saturated heterocycles. The number of aromatic nitrogens is 3. The Hall–Kier alpha value is -4.16. The molecule has 0 atom stereocenters. The van der Waals surface area contributed by atoms with E-state index in [9.17, 15) is 8.42 Å². The van der Waals surface area contributed by atoms with E-state index in [1.165, 1.54) is 24.7 Å². The smallest absolute Gasteiger partial charge is 0.238 e. The van der Waals surface area contributed by atoms with Crippen molar-refractivity contribution in [3.63, 3.8) is 0 Å². The first kappa shape index (κ1) is 20.1. The highest BCUT2D eigenvalue weighted by atomic mass is 32.2. The molecule has 0 radical (unpaired) electrons. The summed E-state index contributed by atoms with van der Waals surface area (Å²) in [7, 11) is -3.84. The number of rotatable bonds is 7. The van der Waals surface area contributed by atoms with Crippen LogP contribution in [0.3, 0.4) is 0 Å². The summed E-state index contributed by atoms with van der Waals surface area (Å²) >= 11 is 0. The molecule has 0 aliphatic carbocycles. The maximum atomic E-state index is 11.6. The summed E-state index contributed by atoms with van der Waals surface area (Å²) in [6.07, 6.45) is 4.32. The topological polar surface area (TPSA) is 172 Å². The zero-order valence-corrected chi connectivity index (χ0v) is 16.7. The van der Waals surface area contributed by atoms with E-state index in [2.05, 4.69) is 30.7 Å². The minimum atomic E-state index is -3.84. The summed E-state index contributed by atoms with van der Waals surface area (Å²) in [5.41, 5.74) is 9.51. The van der Waals surface area contributed by atoms with Crippen LogP contribution < -0.4 is 15.8 Å². The highest BCUT2D eigenvalue weighted by Gasteiger charge is 2.11. The van der Waals surface area contributed by atoms with E-state index in [-0.39, 0.29) is 22.3 Å². The summed E-state index contributed by atoms with van der Waals surface area (Å²) < 4.78 is 28.4. The predicted molar refractivity (Wildman–Crippen MR) is 113 cm³/mol. The fourth-order valence-electron chi connectivity index (χ4n) is 2.73. The van der Waals surface area contributed by atoms with Crippen LogP contribution in [0.1, 0.15) is 0 Å². The molecule has 156 valence electrons. The van der Waals surface area contributed by atoms with Crippen LogP contribution in [-0.2, 0) is 10.0 Å². The Morgan fingerprint density at radius 3 is 2.52 bits per heavy atom. The van der Waals surface area contributed by atoms with Crippen LogP contribution >= 0.6 is 0 Å². The first-order valence-electron chi connectivity index (χ1n) is 8.83. The lowest BCUT2D eigenvalue weighted by Gasteiger charge is -2.11. The average Bonchev–Trinajstić information content (AvgIpc) is 3.29. The number of nitrogens with two attached hydrogens (primary N) is 1. The van der Waals surface area contributed by atoms with Gasteiger partial charge in [-0.05, 0) is 30.3 Å². The van der Waals surface area contributed by atoms with Crippen LogP contribution in [0.2, 0.25) is 0 Å². The standard InChI is InChI=1S/C19H16N8O3S/c20-27-16-9-23-19(25-14-5-2-6-15(8-14)31(21,28)29)26-18(16)24-13-4-1-3-12(7-13)17-10-22-11-30-17/h1-11,20H,(H2,21,28,29)(H2,23,24,25,26). The van der Waals surface area contributed by atoms with Gasteiger partial charge in [0.2, 0.25) is 16.0 Å². The molecule has 0 fully saturated rings. The quantitative estimate of drug-likeness (QED) is 0.315. The average molecular weight is 436 g/mol. The van der Waals surface area contributed by atoms with Crippen LogP contribution in [0.4, 0.5) is 28.8 Å². The second kappa shape index (κ2) is 8.30. The molecule has 5 N–H and O–H groups in total. The van der Waals surface area contributed by atoms with Crippen molar-refractivity contribution in [1.29, 1.82) is 5.53 Å². The molecular weight excluding hydrogens is 420 g/mol. The summed E-state index contributed by atoms with van der Waals surface area (Å²) in [5.74, 6) is 1.06. The van der Waals surface area contributed by atoms with Gasteiger partial charge < -0.3 is 15.1 Å². The molecule has 31 heavy (non-hydrogen) atoms. The third-order valence-corrected chi connectivity index (χ3v) is 5.06. The minimum Gasteiger partial charge on any atom is -0.444 e. The minimum absolute atomic E-state index is 0.0437. The van der Waals surface area contributed by atoms with Crippen molar-refractivity contribution >= 4 is 38.9 Å². The Morgan fingerprint density at radius 2 is 1.81 bits per heavy atom. The number of primary sulfonamides is 1. The molecule has 2 aromatic heterocycles.